The molecule has 2 N–H and O–H groups in total. The second kappa shape index (κ2) is 7.89. The van der Waals surface area contributed by atoms with Gasteiger partial charge in [-0.3, -0.25) is 0 Å². The lowest BCUT2D eigenvalue weighted by Gasteiger charge is -2.23. The van der Waals surface area contributed by atoms with Crippen molar-refractivity contribution in [3.63, 3.8) is 0 Å². The summed E-state index contributed by atoms with van der Waals surface area (Å²) in [5.41, 5.74) is 2.02. The molecule has 1 atom stereocenters. The third kappa shape index (κ3) is 3.88. The molecule has 1 unspecified atom stereocenters. The Labute approximate surface area is 172 Å². The highest BCUT2D eigenvalue weighted by Crippen LogP contribution is 2.39. The van der Waals surface area contributed by atoms with Crippen LogP contribution in [0.25, 0.3) is 11.3 Å². The lowest BCUT2D eigenvalue weighted by atomic mass is 9.91. The number of phenols is 2. The second-order valence-electron chi connectivity index (χ2n) is 6.88. The van der Waals surface area contributed by atoms with Gasteiger partial charge in [0.05, 0.1) is 17.3 Å². The van der Waals surface area contributed by atoms with Crippen LogP contribution in [0.3, 0.4) is 0 Å². The number of nitrogens with zero attached hydrogens (tertiary/aromatic N) is 3. The van der Waals surface area contributed by atoms with Crippen molar-refractivity contribution in [1.29, 1.82) is 0 Å². The van der Waals surface area contributed by atoms with Gasteiger partial charge in [0, 0.05) is 23.2 Å². The summed E-state index contributed by atoms with van der Waals surface area (Å²) < 4.78 is 7.68. The molecule has 0 bridgehead atoms. The summed E-state index contributed by atoms with van der Waals surface area (Å²) in [5.74, 6) is 0.939. The molecule has 0 saturated carbocycles. The van der Waals surface area contributed by atoms with Crippen molar-refractivity contribution in [3.8, 4) is 28.5 Å². The average Bonchev–Trinajstić information content (AvgIpc) is 3.08. The Hall–Kier alpha value is -2.44. The van der Waals surface area contributed by atoms with E-state index in [-0.39, 0.29) is 16.5 Å². The van der Waals surface area contributed by atoms with Gasteiger partial charge in [-0.1, -0.05) is 34.5 Å². The molecule has 0 fully saturated rings. The second-order valence-corrected chi connectivity index (χ2v) is 7.73. The van der Waals surface area contributed by atoms with E-state index in [1.54, 1.807) is 6.07 Å². The van der Waals surface area contributed by atoms with Crippen LogP contribution in [0, 0.1) is 5.92 Å². The van der Waals surface area contributed by atoms with E-state index < -0.39 is 0 Å². The molecule has 8 heteroatoms. The molecular formula is C20H19Cl2N3O3. The minimum absolute atomic E-state index is 0.0726. The lowest BCUT2D eigenvalue weighted by molar-refractivity contribution is 0.252. The van der Waals surface area contributed by atoms with E-state index in [0.717, 1.165) is 37.3 Å². The van der Waals surface area contributed by atoms with Crippen LogP contribution < -0.4 is 4.74 Å². The summed E-state index contributed by atoms with van der Waals surface area (Å²) in [6.45, 7) is 1.36. The molecule has 2 heterocycles. The van der Waals surface area contributed by atoms with E-state index in [2.05, 4.69) is 10.3 Å². The van der Waals surface area contributed by atoms with Crippen molar-refractivity contribution in [2.45, 2.75) is 25.8 Å². The fraction of sp³-hybridized carbons (Fsp3) is 0.300. The van der Waals surface area contributed by atoms with Gasteiger partial charge in [0.1, 0.15) is 22.9 Å². The van der Waals surface area contributed by atoms with Crippen LogP contribution in [0.2, 0.25) is 10.0 Å². The van der Waals surface area contributed by atoms with Crippen LogP contribution in [0.4, 0.5) is 0 Å². The van der Waals surface area contributed by atoms with Gasteiger partial charge in [-0.2, -0.15) is 0 Å². The smallest absolute Gasteiger partial charge is 0.137 e. The van der Waals surface area contributed by atoms with Crippen LogP contribution in [0.15, 0.2) is 36.4 Å². The zero-order valence-electron chi connectivity index (χ0n) is 15.0. The number of rotatable bonds is 5. The SMILES string of the molecule is Oc1cc(O)c(-c2nnn3c2CC(CCOc2cccc(Cl)c2)CC3)cc1Cl. The van der Waals surface area contributed by atoms with Crippen molar-refractivity contribution >= 4 is 23.2 Å². The van der Waals surface area contributed by atoms with Gasteiger partial charge < -0.3 is 14.9 Å². The van der Waals surface area contributed by atoms with Gasteiger partial charge in [-0.05, 0) is 49.4 Å². The molecule has 0 aliphatic carbocycles. The van der Waals surface area contributed by atoms with Crippen LogP contribution >= 0.6 is 23.2 Å². The predicted molar refractivity (Wildman–Crippen MR) is 107 cm³/mol. The summed E-state index contributed by atoms with van der Waals surface area (Å²) in [6.07, 6.45) is 2.65. The number of halogens is 2. The minimum atomic E-state index is -0.167. The molecular weight excluding hydrogens is 401 g/mol. The van der Waals surface area contributed by atoms with Crippen LogP contribution in [0.5, 0.6) is 17.2 Å². The first-order valence-electron chi connectivity index (χ1n) is 9.04. The van der Waals surface area contributed by atoms with E-state index in [4.69, 9.17) is 27.9 Å². The van der Waals surface area contributed by atoms with Gasteiger partial charge in [-0.25, -0.2) is 4.68 Å². The third-order valence-corrected chi connectivity index (χ3v) is 5.52. The van der Waals surface area contributed by atoms with Crippen molar-refractivity contribution in [2.24, 2.45) is 5.92 Å². The van der Waals surface area contributed by atoms with Crippen molar-refractivity contribution in [2.75, 3.05) is 6.61 Å². The number of hydrogen-bond donors (Lipinski definition) is 2. The first-order chi connectivity index (χ1) is 13.5. The van der Waals surface area contributed by atoms with Gasteiger partial charge in [0.2, 0.25) is 0 Å². The number of ether oxygens (including phenoxy) is 1. The molecule has 0 saturated heterocycles. The maximum Gasteiger partial charge on any atom is 0.137 e. The summed E-state index contributed by atoms with van der Waals surface area (Å²) in [5, 5.41) is 29.1. The quantitative estimate of drug-likeness (QED) is 0.626. The summed E-state index contributed by atoms with van der Waals surface area (Å²) in [7, 11) is 0. The Bertz CT molecular complexity index is 1010. The largest absolute Gasteiger partial charge is 0.507 e. The van der Waals surface area contributed by atoms with E-state index in [0.29, 0.717) is 28.8 Å². The zero-order chi connectivity index (χ0) is 19.7. The topological polar surface area (TPSA) is 80.4 Å². The van der Waals surface area contributed by atoms with Gasteiger partial charge >= 0.3 is 0 Å². The zero-order valence-corrected chi connectivity index (χ0v) is 16.5. The van der Waals surface area contributed by atoms with Gasteiger partial charge in [0.25, 0.3) is 0 Å². The number of aromatic hydroxyl groups is 2. The van der Waals surface area contributed by atoms with E-state index >= 15 is 0 Å². The van der Waals surface area contributed by atoms with Gasteiger partial charge in [-0.15, -0.1) is 5.10 Å². The maximum absolute atomic E-state index is 10.2. The highest BCUT2D eigenvalue weighted by Gasteiger charge is 2.26. The predicted octanol–water partition coefficient (Wildman–Crippen LogP) is 4.69. The number of hydrogen-bond acceptors (Lipinski definition) is 5. The number of aryl methyl sites for hydroxylation is 1. The first-order valence-corrected chi connectivity index (χ1v) is 9.79. The number of aromatic nitrogens is 3. The molecule has 1 aliphatic heterocycles. The van der Waals surface area contributed by atoms with E-state index in [9.17, 15) is 10.2 Å². The fourth-order valence-electron chi connectivity index (χ4n) is 3.49. The van der Waals surface area contributed by atoms with Crippen LogP contribution in [0.1, 0.15) is 18.5 Å². The molecule has 2 aromatic carbocycles. The first kappa shape index (κ1) is 18.9. The number of benzene rings is 2. The minimum Gasteiger partial charge on any atom is -0.507 e. The molecule has 4 rings (SSSR count). The third-order valence-electron chi connectivity index (χ3n) is 4.98. The fourth-order valence-corrected chi connectivity index (χ4v) is 3.84. The molecule has 0 radical (unpaired) electrons. The number of phenolic OH excluding ortho intramolecular Hbond substituents is 2. The van der Waals surface area contributed by atoms with Crippen LogP contribution in [-0.4, -0.2) is 31.8 Å². The molecule has 146 valence electrons. The Morgan fingerprint density at radius 1 is 1.14 bits per heavy atom. The molecule has 0 spiro atoms. The molecule has 1 aromatic heterocycles. The van der Waals surface area contributed by atoms with Gasteiger partial charge in [0.15, 0.2) is 0 Å². The van der Waals surface area contributed by atoms with Crippen molar-refractivity contribution < 1.29 is 14.9 Å². The van der Waals surface area contributed by atoms with Crippen molar-refractivity contribution in [1.82, 2.24) is 15.0 Å². The normalized spacial score (nSPS) is 16.0. The maximum atomic E-state index is 10.2. The van der Waals surface area contributed by atoms with Crippen LogP contribution in [-0.2, 0) is 13.0 Å². The summed E-state index contributed by atoms with van der Waals surface area (Å²) >= 11 is 12.0. The Kier molecular flexibility index (Phi) is 5.33. The average molecular weight is 420 g/mol. The van der Waals surface area contributed by atoms with E-state index in [1.165, 1.54) is 12.1 Å². The summed E-state index contributed by atoms with van der Waals surface area (Å²) in [4.78, 5) is 0. The molecule has 6 nitrogen and oxygen atoms in total. The van der Waals surface area contributed by atoms with Crippen molar-refractivity contribution in [3.05, 3.63) is 52.1 Å². The molecule has 28 heavy (non-hydrogen) atoms. The molecule has 3 aromatic rings. The Morgan fingerprint density at radius 2 is 2.00 bits per heavy atom. The Morgan fingerprint density at radius 3 is 2.82 bits per heavy atom. The monoisotopic (exact) mass is 419 g/mol. The summed E-state index contributed by atoms with van der Waals surface area (Å²) in [6, 6.07) is 10.1. The Balaban J connectivity index is 1.47. The highest BCUT2D eigenvalue weighted by atomic mass is 35.5. The standard InChI is InChI=1S/C20H19Cl2N3O3/c21-13-2-1-3-14(9-13)28-7-5-12-4-6-25-17(8-12)20(23-24-25)15-10-16(22)19(27)11-18(15)26/h1-3,9-12,26-27H,4-8H2. The molecule has 0 amide bonds. The lowest BCUT2D eigenvalue weighted by Crippen LogP contribution is -2.21. The molecule has 1 aliphatic rings. The number of fused-ring (bicyclic) bond motifs is 1. The van der Waals surface area contributed by atoms with E-state index in [1.807, 2.05) is 22.9 Å². The highest BCUT2D eigenvalue weighted by molar-refractivity contribution is 6.32.